The van der Waals surface area contributed by atoms with Gasteiger partial charge in [-0.15, -0.1) is 0 Å². The standard InChI is InChI=1S/C27H30N8/c1-17(2)30-19-11-18(14-28-15-19)23-13-21-25(16-29-23)32-33-27(21)24-12-20-22(31-24)5-4-6-26(20)35-9-7-34(3)8-10-35/h4-6,11-17,30-31H,7-10H2,1-3H3,(H,32,33). The molecule has 0 amide bonds. The molecule has 5 heterocycles. The smallest absolute Gasteiger partial charge is 0.116 e. The summed E-state index contributed by atoms with van der Waals surface area (Å²) >= 11 is 0. The van der Waals surface area contributed by atoms with E-state index in [-0.39, 0.29) is 0 Å². The van der Waals surface area contributed by atoms with Crippen LogP contribution in [0, 0.1) is 0 Å². The van der Waals surface area contributed by atoms with Gasteiger partial charge in [0.15, 0.2) is 0 Å². The number of likely N-dealkylation sites (N-methyl/N-ethyl adjacent to an activating group) is 1. The molecule has 35 heavy (non-hydrogen) atoms. The molecule has 0 unspecified atom stereocenters. The molecular formula is C27H30N8. The van der Waals surface area contributed by atoms with Gasteiger partial charge in [-0.3, -0.25) is 15.1 Å². The van der Waals surface area contributed by atoms with Gasteiger partial charge in [-0.1, -0.05) is 6.07 Å². The van der Waals surface area contributed by atoms with Crippen LogP contribution in [-0.4, -0.2) is 69.3 Å². The van der Waals surface area contributed by atoms with Gasteiger partial charge in [0.25, 0.3) is 0 Å². The highest BCUT2D eigenvalue weighted by atomic mass is 15.2. The van der Waals surface area contributed by atoms with Crippen LogP contribution in [-0.2, 0) is 0 Å². The van der Waals surface area contributed by atoms with Gasteiger partial charge >= 0.3 is 0 Å². The van der Waals surface area contributed by atoms with E-state index in [0.717, 1.165) is 70.9 Å². The lowest BCUT2D eigenvalue weighted by Crippen LogP contribution is -2.44. The summed E-state index contributed by atoms with van der Waals surface area (Å²) in [4.78, 5) is 17.5. The number of pyridine rings is 2. The van der Waals surface area contributed by atoms with Gasteiger partial charge in [0.2, 0.25) is 0 Å². The molecular weight excluding hydrogens is 436 g/mol. The fraction of sp³-hybridized carbons (Fsp3) is 0.296. The number of hydrogen-bond acceptors (Lipinski definition) is 6. The van der Waals surface area contributed by atoms with Crippen molar-refractivity contribution in [3.8, 4) is 22.6 Å². The topological polar surface area (TPSA) is 88.8 Å². The summed E-state index contributed by atoms with van der Waals surface area (Å²) in [5.41, 5.74) is 8.03. The third-order valence-electron chi connectivity index (χ3n) is 6.68. The molecule has 0 aliphatic carbocycles. The van der Waals surface area contributed by atoms with E-state index in [2.05, 4.69) is 97.6 Å². The molecule has 0 saturated carbocycles. The summed E-state index contributed by atoms with van der Waals surface area (Å²) in [7, 11) is 2.19. The zero-order valence-electron chi connectivity index (χ0n) is 20.3. The first-order chi connectivity index (χ1) is 17.0. The van der Waals surface area contributed by atoms with Gasteiger partial charge in [-0.2, -0.15) is 5.10 Å². The fourth-order valence-corrected chi connectivity index (χ4v) is 4.86. The first-order valence-corrected chi connectivity index (χ1v) is 12.2. The Labute approximate surface area is 204 Å². The number of nitrogens with one attached hydrogen (secondary N) is 3. The van der Waals surface area contributed by atoms with E-state index in [4.69, 9.17) is 0 Å². The maximum absolute atomic E-state index is 4.67. The average Bonchev–Trinajstić information content (AvgIpc) is 3.48. The van der Waals surface area contributed by atoms with Crippen LogP contribution in [0.15, 0.2) is 55.0 Å². The summed E-state index contributed by atoms with van der Waals surface area (Å²) < 4.78 is 0. The number of rotatable bonds is 5. The number of anilines is 2. The second-order valence-electron chi connectivity index (χ2n) is 9.66. The number of aromatic nitrogens is 5. The molecule has 1 fully saturated rings. The lowest BCUT2D eigenvalue weighted by Gasteiger charge is -2.34. The molecule has 0 spiro atoms. The molecule has 3 N–H and O–H groups in total. The Kier molecular flexibility index (Phi) is 5.37. The Morgan fingerprint density at radius 3 is 2.63 bits per heavy atom. The monoisotopic (exact) mass is 466 g/mol. The molecule has 0 bridgehead atoms. The normalized spacial score (nSPS) is 14.9. The minimum atomic E-state index is 0.334. The van der Waals surface area contributed by atoms with Crippen LogP contribution in [0.3, 0.4) is 0 Å². The van der Waals surface area contributed by atoms with E-state index in [1.54, 1.807) is 0 Å². The number of hydrogen-bond donors (Lipinski definition) is 3. The molecule has 5 aromatic rings. The lowest BCUT2D eigenvalue weighted by atomic mass is 10.1. The Balaban J connectivity index is 1.39. The van der Waals surface area contributed by atoms with E-state index >= 15 is 0 Å². The molecule has 1 aliphatic rings. The fourth-order valence-electron chi connectivity index (χ4n) is 4.86. The minimum absolute atomic E-state index is 0.334. The Morgan fingerprint density at radius 2 is 1.80 bits per heavy atom. The Bertz CT molecular complexity index is 1490. The van der Waals surface area contributed by atoms with Crippen LogP contribution in [0.5, 0.6) is 0 Å². The van der Waals surface area contributed by atoms with Gasteiger partial charge in [0, 0.05) is 72.2 Å². The number of piperazine rings is 1. The molecule has 1 saturated heterocycles. The average molecular weight is 467 g/mol. The van der Waals surface area contributed by atoms with Crippen LogP contribution >= 0.6 is 0 Å². The van der Waals surface area contributed by atoms with Crippen molar-refractivity contribution < 1.29 is 0 Å². The van der Waals surface area contributed by atoms with Gasteiger partial charge in [-0.05, 0) is 51.2 Å². The molecule has 8 nitrogen and oxygen atoms in total. The van der Waals surface area contributed by atoms with E-state index in [1.807, 2.05) is 18.6 Å². The van der Waals surface area contributed by atoms with Gasteiger partial charge in [-0.25, -0.2) is 0 Å². The number of fused-ring (bicyclic) bond motifs is 2. The van der Waals surface area contributed by atoms with Crippen LogP contribution in [0.2, 0.25) is 0 Å². The molecule has 1 aromatic carbocycles. The van der Waals surface area contributed by atoms with E-state index < -0.39 is 0 Å². The van der Waals surface area contributed by atoms with E-state index in [9.17, 15) is 0 Å². The third kappa shape index (κ3) is 4.10. The Hall–Kier alpha value is -3.91. The number of H-pyrrole nitrogens is 2. The predicted molar refractivity (Wildman–Crippen MR) is 143 cm³/mol. The maximum Gasteiger partial charge on any atom is 0.116 e. The zero-order valence-corrected chi connectivity index (χ0v) is 20.3. The van der Waals surface area contributed by atoms with E-state index in [0.29, 0.717) is 6.04 Å². The number of benzene rings is 1. The highest BCUT2D eigenvalue weighted by Gasteiger charge is 2.19. The quantitative estimate of drug-likeness (QED) is 0.347. The summed E-state index contributed by atoms with van der Waals surface area (Å²) in [5, 5.41) is 13.5. The summed E-state index contributed by atoms with van der Waals surface area (Å²) in [6.07, 6.45) is 5.54. The van der Waals surface area contributed by atoms with Crippen molar-refractivity contribution in [1.29, 1.82) is 0 Å². The molecule has 0 atom stereocenters. The van der Waals surface area contributed by atoms with Crippen molar-refractivity contribution in [3.63, 3.8) is 0 Å². The predicted octanol–water partition coefficient (Wildman–Crippen LogP) is 4.74. The molecule has 1 aliphatic heterocycles. The molecule has 8 heteroatoms. The zero-order chi connectivity index (χ0) is 23.9. The summed E-state index contributed by atoms with van der Waals surface area (Å²) in [5.74, 6) is 0. The van der Waals surface area contributed by atoms with Gasteiger partial charge < -0.3 is 20.1 Å². The number of aromatic amines is 2. The van der Waals surface area contributed by atoms with Crippen molar-refractivity contribution >= 4 is 33.2 Å². The molecule has 6 rings (SSSR count). The number of nitrogens with zero attached hydrogens (tertiary/aromatic N) is 5. The van der Waals surface area contributed by atoms with Crippen molar-refractivity contribution in [2.45, 2.75) is 19.9 Å². The lowest BCUT2D eigenvalue weighted by molar-refractivity contribution is 0.313. The first-order valence-electron chi connectivity index (χ1n) is 12.2. The van der Waals surface area contributed by atoms with E-state index in [1.165, 1.54) is 11.1 Å². The van der Waals surface area contributed by atoms with Crippen molar-refractivity contribution in [1.82, 2.24) is 30.0 Å². The first kappa shape index (κ1) is 21.6. The van der Waals surface area contributed by atoms with Crippen molar-refractivity contribution in [2.75, 3.05) is 43.4 Å². The Morgan fingerprint density at radius 1 is 0.943 bits per heavy atom. The minimum Gasteiger partial charge on any atom is -0.382 e. The van der Waals surface area contributed by atoms with Crippen molar-refractivity contribution in [3.05, 3.63) is 55.0 Å². The molecule has 4 aromatic heterocycles. The highest BCUT2D eigenvalue weighted by molar-refractivity contribution is 6.00. The largest absolute Gasteiger partial charge is 0.382 e. The molecule has 178 valence electrons. The van der Waals surface area contributed by atoms with Crippen LogP contribution in [0.1, 0.15) is 13.8 Å². The summed E-state index contributed by atoms with van der Waals surface area (Å²) in [6.45, 7) is 8.46. The van der Waals surface area contributed by atoms with Crippen LogP contribution in [0.25, 0.3) is 44.5 Å². The second kappa shape index (κ2) is 8.70. The second-order valence-corrected chi connectivity index (χ2v) is 9.66. The maximum atomic E-state index is 4.67. The van der Waals surface area contributed by atoms with Gasteiger partial charge in [0.1, 0.15) is 5.69 Å². The van der Waals surface area contributed by atoms with Crippen LogP contribution < -0.4 is 10.2 Å². The third-order valence-corrected chi connectivity index (χ3v) is 6.68. The van der Waals surface area contributed by atoms with Crippen LogP contribution in [0.4, 0.5) is 11.4 Å². The van der Waals surface area contributed by atoms with Crippen molar-refractivity contribution in [2.24, 2.45) is 0 Å². The van der Waals surface area contributed by atoms with Gasteiger partial charge in [0.05, 0.1) is 28.8 Å². The molecule has 0 radical (unpaired) electrons. The SMILES string of the molecule is CC(C)Nc1cncc(-c2cc3c(-c4cc5c(N6CCN(C)CC6)cccc5[nH]4)n[nH]c3cn2)c1. The summed E-state index contributed by atoms with van der Waals surface area (Å²) in [6, 6.07) is 13.2. The highest BCUT2D eigenvalue weighted by Crippen LogP contribution is 2.34.